The molecule has 0 heterocycles. The van der Waals surface area contributed by atoms with Crippen LogP contribution in [0.5, 0.6) is 0 Å². The average molecular weight is 841 g/mol. The molecule has 0 saturated heterocycles. The standard InChI is InChI=1S/C20H25N5O6.C19H15N5O6/c1-19(2,3)12-20(4,5)13-6-8-14(9-7-13)21-22-18-16(24(28)29)10-15(23(26)27)11-17(18)25(30)31;25-22(26)15-11-16(23(27)28)19(17(12-15)24(29)30)21-20-18(13-7-3-1-4-8-13)14-9-5-2-6-10-14/h6-11,21-22H,12H2,1-5H3;1-12,18,20-21H. The topological polar surface area (TPSA) is 307 Å². The van der Waals surface area contributed by atoms with Crippen molar-refractivity contribution in [3.63, 3.8) is 0 Å². The molecule has 22 heteroatoms. The van der Waals surface area contributed by atoms with Crippen molar-refractivity contribution in [1.82, 2.24) is 5.43 Å². The van der Waals surface area contributed by atoms with Gasteiger partial charge in [-0.3, -0.25) is 66.1 Å². The lowest BCUT2D eigenvalue weighted by Gasteiger charge is -2.33. The lowest BCUT2D eigenvalue weighted by molar-refractivity contribution is -0.402. The quantitative estimate of drug-likeness (QED) is 0.0530. The molecule has 0 aliphatic heterocycles. The number of nitrogens with one attached hydrogen (secondary N) is 4. The van der Waals surface area contributed by atoms with Gasteiger partial charge in [0.25, 0.3) is 11.4 Å². The van der Waals surface area contributed by atoms with Crippen LogP contribution in [0.25, 0.3) is 0 Å². The minimum Gasteiger partial charge on any atom is -0.309 e. The van der Waals surface area contributed by atoms with Crippen LogP contribution in [-0.4, -0.2) is 29.5 Å². The number of benzene rings is 5. The van der Waals surface area contributed by atoms with E-state index in [0.29, 0.717) is 30.0 Å². The molecule has 5 aromatic rings. The summed E-state index contributed by atoms with van der Waals surface area (Å²) < 4.78 is 0. The molecule has 22 nitrogen and oxygen atoms in total. The molecule has 0 aliphatic carbocycles. The minimum atomic E-state index is -0.923. The summed E-state index contributed by atoms with van der Waals surface area (Å²) in [5.74, 6) is 0. The zero-order valence-electron chi connectivity index (χ0n) is 33.3. The van der Waals surface area contributed by atoms with Crippen molar-refractivity contribution in [2.24, 2.45) is 5.41 Å². The summed E-state index contributed by atoms with van der Waals surface area (Å²) in [6.45, 7) is 10.8. The monoisotopic (exact) mass is 840 g/mol. The molecule has 0 radical (unpaired) electrons. The van der Waals surface area contributed by atoms with Crippen LogP contribution in [0.15, 0.2) is 109 Å². The lowest BCUT2D eigenvalue weighted by Crippen LogP contribution is -2.29. The molecule has 0 bridgehead atoms. The SMILES string of the molecule is CC(C)(C)CC(C)(C)c1ccc(NNc2c([N+](=O)[O-])cc([N+](=O)[O-])cc2[N+](=O)[O-])cc1.O=[N+]([O-])c1cc([N+](=O)[O-])c(NNC(c2ccccc2)c2ccccc2)c([N+](=O)[O-])c1. The fraction of sp³-hybridized carbons (Fsp3) is 0.231. The van der Waals surface area contributed by atoms with Crippen molar-refractivity contribution in [2.45, 2.75) is 52.5 Å². The van der Waals surface area contributed by atoms with Gasteiger partial charge in [0, 0.05) is 0 Å². The maximum Gasteiger partial charge on any atom is 0.308 e. The molecular weight excluding hydrogens is 800 g/mol. The number of nitro groups is 6. The molecule has 0 aromatic heterocycles. The van der Waals surface area contributed by atoms with Crippen molar-refractivity contribution < 1.29 is 29.5 Å². The summed E-state index contributed by atoms with van der Waals surface area (Å²) in [5, 5.41) is 67.6. The van der Waals surface area contributed by atoms with Crippen LogP contribution in [0.2, 0.25) is 0 Å². The van der Waals surface area contributed by atoms with Crippen molar-refractivity contribution in [3.05, 3.63) is 187 Å². The maximum atomic E-state index is 11.4. The summed E-state index contributed by atoms with van der Waals surface area (Å²) in [4.78, 5) is 62.1. The smallest absolute Gasteiger partial charge is 0.308 e. The van der Waals surface area contributed by atoms with Gasteiger partial charge in [-0.15, -0.1) is 0 Å². The van der Waals surface area contributed by atoms with E-state index >= 15 is 0 Å². The average Bonchev–Trinajstić information content (AvgIpc) is 3.19. The first-order valence-electron chi connectivity index (χ1n) is 18.1. The number of rotatable bonds is 16. The first kappa shape index (κ1) is 45.6. The molecule has 5 rings (SSSR count). The normalized spacial score (nSPS) is 11.1. The number of non-ortho nitro benzene ring substituents is 2. The number of anilines is 3. The molecule has 0 unspecified atom stereocenters. The highest BCUT2D eigenvalue weighted by Crippen LogP contribution is 2.40. The van der Waals surface area contributed by atoms with Gasteiger partial charge in [0.15, 0.2) is 0 Å². The Bertz CT molecular complexity index is 2330. The van der Waals surface area contributed by atoms with Gasteiger partial charge in [-0.1, -0.05) is 107 Å². The summed E-state index contributed by atoms with van der Waals surface area (Å²) in [5.41, 5.74) is 8.26. The van der Waals surface area contributed by atoms with Crippen LogP contribution in [-0.2, 0) is 5.41 Å². The first-order valence-corrected chi connectivity index (χ1v) is 18.1. The number of nitrogens with zero attached hydrogens (tertiary/aromatic N) is 6. The molecule has 0 atom stereocenters. The Morgan fingerprint density at radius 1 is 0.475 bits per heavy atom. The Morgan fingerprint density at radius 3 is 1.16 bits per heavy atom. The Labute approximate surface area is 346 Å². The molecule has 0 amide bonds. The largest absolute Gasteiger partial charge is 0.309 e. The summed E-state index contributed by atoms with van der Waals surface area (Å²) in [6, 6.07) is 27.7. The van der Waals surface area contributed by atoms with Crippen LogP contribution in [0.4, 0.5) is 51.2 Å². The van der Waals surface area contributed by atoms with E-state index in [0.717, 1.165) is 23.1 Å². The second kappa shape index (κ2) is 19.1. The van der Waals surface area contributed by atoms with Crippen molar-refractivity contribution in [1.29, 1.82) is 0 Å². The van der Waals surface area contributed by atoms with E-state index in [-0.39, 0.29) is 10.8 Å². The predicted octanol–water partition coefficient (Wildman–Crippen LogP) is 9.68. The Kier molecular flexibility index (Phi) is 14.2. The molecule has 5 aromatic carbocycles. The molecule has 318 valence electrons. The highest BCUT2D eigenvalue weighted by Gasteiger charge is 2.33. The van der Waals surface area contributed by atoms with E-state index in [4.69, 9.17) is 0 Å². The van der Waals surface area contributed by atoms with Gasteiger partial charge < -0.3 is 10.9 Å². The molecule has 0 fully saturated rings. The molecular formula is C39H40N10O12. The summed E-state index contributed by atoms with van der Waals surface area (Å²) >= 11 is 0. The predicted molar refractivity (Wildman–Crippen MR) is 225 cm³/mol. The van der Waals surface area contributed by atoms with Crippen LogP contribution in [0, 0.1) is 66.1 Å². The van der Waals surface area contributed by atoms with Gasteiger partial charge in [0.2, 0.25) is 11.4 Å². The zero-order valence-corrected chi connectivity index (χ0v) is 33.3. The Morgan fingerprint density at radius 2 is 0.836 bits per heavy atom. The number of hydrogen-bond donors (Lipinski definition) is 4. The number of hydrazine groups is 2. The van der Waals surface area contributed by atoms with E-state index in [1.165, 1.54) is 0 Å². The third kappa shape index (κ3) is 12.0. The first-order chi connectivity index (χ1) is 28.6. The van der Waals surface area contributed by atoms with E-state index in [2.05, 4.69) is 56.3 Å². The molecule has 0 saturated carbocycles. The van der Waals surface area contributed by atoms with Crippen LogP contribution in [0.1, 0.15) is 63.8 Å². The Hall–Kier alpha value is -8.14. The fourth-order valence-electron chi connectivity index (χ4n) is 6.60. The highest BCUT2D eigenvalue weighted by atomic mass is 16.6. The molecule has 61 heavy (non-hydrogen) atoms. The van der Waals surface area contributed by atoms with Crippen LogP contribution in [0.3, 0.4) is 0 Å². The zero-order chi connectivity index (χ0) is 45.2. The second-order valence-electron chi connectivity index (χ2n) is 15.2. The fourth-order valence-corrected chi connectivity index (χ4v) is 6.60. The summed E-state index contributed by atoms with van der Waals surface area (Å²) in [7, 11) is 0. The van der Waals surface area contributed by atoms with E-state index < -0.39 is 81.1 Å². The minimum absolute atomic E-state index is 0.0832. The van der Waals surface area contributed by atoms with Crippen LogP contribution >= 0.6 is 0 Å². The van der Waals surface area contributed by atoms with Gasteiger partial charge in [-0.05, 0) is 46.1 Å². The van der Waals surface area contributed by atoms with Gasteiger partial charge in [-0.25, -0.2) is 5.43 Å². The Balaban J connectivity index is 0.000000269. The van der Waals surface area contributed by atoms with Gasteiger partial charge in [0.1, 0.15) is 0 Å². The number of nitro benzene ring substituents is 6. The van der Waals surface area contributed by atoms with Crippen molar-refractivity contribution in [3.8, 4) is 0 Å². The van der Waals surface area contributed by atoms with Crippen LogP contribution < -0.4 is 21.7 Å². The number of hydrogen-bond acceptors (Lipinski definition) is 16. The lowest BCUT2D eigenvalue weighted by atomic mass is 9.72. The van der Waals surface area contributed by atoms with Crippen molar-refractivity contribution in [2.75, 3.05) is 16.3 Å². The summed E-state index contributed by atoms with van der Waals surface area (Å²) in [6.07, 6.45) is 0.951. The van der Waals surface area contributed by atoms with E-state index in [1.807, 2.05) is 72.8 Å². The maximum absolute atomic E-state index is 11.4. The third-order valence-corrected chi connectivity index (χ3v) is 8.95. The van der Waals surface area contributed by atoms with Gasteiger partial charge in [0.05, 0.1) is 65.5 Å². The molecule has 4 N–H and O–H groups in total. The molecule has 0 spiro atoms. The van der Waals surface area contributed by atoms with E-state index in [9.17, 15) is 60.7 Å². The molecule has 0 aliphatic rings. The third-order valence-electron chi connectivity index (χ3n) is 8.95. The van der Waals surface area contributed by atoms with Crippen molar-refractivity contribution >= 4 is 51.2 Å². The van der Waals surface area contributed by atoms with E-state index in [1.54, 1.807) is 12.1 Å². The highest BCUT2D eigenvalue weighted by molar-refractivity contribution is 5.78. The van der Waals surface area contributed by atoms with Gasteiger partial charge in [-0.2, -0.15) is 0 Å². The second-order valence-corrected chi connectivity index (χ2v) is 15.2. The van der Waals surface area contributed by atoms with Gasteiger partial charge >= 0.3 is 22.7 Å².